The Morgan fingerprint density at radius 3 is 2.65 bits per heavy atom. The molecule has 0 radical (unpaired) electrons. The Labute approximate surface area is 150 Å². The van der Waals surface area contributed by atoms with Gasteiger partial charge < -0.3 is 14.6 Å². The van der Waals surface area contributed by atoms with Crippen molar-refractivity contribution in [3.63, 3.8) is 0 Å². The molecule has 8 nitrogen and oxygen atoms in total. The Kier molecular flexibility index (Phi) is 4.83. The molecule has 3 aromatic heterocycles. The zero-order chi connectivity index (χ0) is 18.7. The summed E-state index contributed by atoms with van der Waals surface area (Å²) in [7, 11) is 4.85. The van der Waals surface area contributed by atoms with Gasteiger partial charge in [0, 0.05) is 50.9 Å². The zero-order valence-electron chi connectivity index (χ0n) is 14.8. The smallest absolute Gasteiger partial charge is 0.256 e. The number of carbonyl (C=O) groups is 1. The first kappa shape index (κ1) is 17.4. The van der Waals surface area contributed by atoms with E-state index in [1.165, 1.54) is 23.9 Å². The lowest BCUT2D eigenvalue weighted by Crippen LogP contribution is -2.26. The van der Waals surface area contributed by atoms with Gasteiger partial charge in [-0.2, -0.15) is 5.10 Å². The third-order valence-corrected chi connectivity index (χ3v) is 3.93. The van der Waals surface area contributed by atoms with Crippen molar-refractivity contribution < 1.29 is 9.53 Å². The first-order valence-electron chi connectivity index (χ1n) is 7.94. The van der Waals surface area contributed by atoms with Gasteiger partial charge >= 0.3 is 0 Å². The number of carbonyl (C=O) groups excluding carboxylic acids is 1. The van der Waals surface area contributed by atoms with E-state index in [1.807, 2.05) is 25.4 Å². The van der Waals surface area contributed by atoms with Gasteiger partial charge in [0.25, 0.3) is 11.5 Å². The summed E-state index contributed by atoms with van der Waals surface area (Å²) in [6.45, 7) is 0.311. The Bertz CT molecular complexity index is 989. The molecule has 0 aliphatic heterocycles. The van der Waals surface area contributed by atoms with Crippen LogP contribution in [0.5, 0.6) is 5.75 Å². The van der Waals surface area contributed by atoms with Crippen LogP contribution in [0.1, 0.15) is 15.9 Å². The highest BCUT2D eigenvalue weighted by Gasteiger charge is 2.14. The van der Waals surface area contributed by atoms with Crippen molar-refractivity contribution in [1.29, 1.82) is 0 Å². The quantitative estimate of drug-likeness (QED) is 0.742. The summed E-state index contributed by atoms with van der Waals surface area (Å²) >= 11 is 0. The van der Waals surface area contributed by atoms with E-state index in [4.69, 9.17) is 4.74 Å². The fraction of sp³-hybridized carbons (Fsp3) is 0.222. The maximum atomic E-state index is 12.4. The van der Waals surface area contributed by atoms with E-state index < -0.39 is 0 Å². The molecule has 0 unspecified atom stereocenters. The third-order valence-electron chi connectivity index (χ3n) is 3.93. The van der Waals surface area contributed by atoms with Crippen LogP contribution in [-0.2, 0) is 20.6 Å². The van der Waals surface area contributed by atoms with Gasteiger partial charge in [-0.3, -0.25) is 19.3 Å². The van der Waals surface area contributed by atoms with Gasteiger partial charge in [-0.15, -0.1) is 0 Å². The molecule has 0 bridgehead atoms. The van der Waals surface area contributed by atoms with E-state index in [0.717, 1.165) is 16.8 Å². The van der Waals surface area contributed by atoms with Crippen molar-refractivity contribution in [3.8, 4) is 17.0 Å². The normalized spacial score (nSPS) is 10.6. The average molecular weight is 353 g/mol. The van der Waals surface area contributed by atoms with Crippen LogP contribution in [0.15, 0.2) is 47.8 Å². The Morgan fingerprint density at radius 1 is 1.23 bits per heavy atom. The zero-order valence-corrected chi connectivity index (χ0v) is 14.8. The second-order valence-electron chi connectivity index (χ2n) is 5.84. The van der Waals surface area contributed by atoms with Gasteiger partial charge in [-0.1, -0.05) is 6.07 Å². The number of nitrogens with zero attached hydrogens (tertiary/aromatic N) is 4. The minimum atomic E-state index is -0.325. The molecule has 0 atom stereocenters. The van der Waals surface area contributed by atoms with Gasteiger partial charge in [0.2, 0.25) is 0 Å². The third kappa shape index (κ3) is 3.64. The summed E-state index contributed by atoms with van der Waals surface area (Å²) in [5.41, 5.74) is 2.66. The highest BCUT2D eigenvalue weighted by atomic mass is 16.5. The van der Waals surface area contributed by atoms with E-state index in [0.29, 0.717) is 12.1 Å². The highest BCUT2D eigenvalue weighted by Crippen LogP contribution is 2.17. The van der Waals surface area contributed by atoms with Crippen LogP contribution in [0.3, 0.4) is 0 Å². The minimum absolute atomic E-state index is 0.242. The van der Waals surface area contributed by atoms with Gasteiger partial charge in [0.15, 0.2) is 0 Å². The molecule has 1 amide bonds. The standard InChI is InChI=1S/C18H19N5O3/c1-22-11-14(16(26-3)6-17(22)24)18(25)20-8-12-4-5-15(19-7-12)13-9-21-23(2)10-13/h4-7,9-11H,8H2,1-3H3,(H,20,25). The van der Waals surface area contributed by atoms with E-state index in [-0.39, 0.29) is 17.2 Å². The van der Waals surface area contributed by atoms with Crippen molar-refractivity contribution in [2.24, 2.45) is 14.1 Å². The van der Waals surface area contributed by atoms with Crippen LogP contribution in [-0.4, -0.2) is 32.3 Å². The molecular formula is C18H19N5O3. The molecule has 0 aliphatic carbocycles. The summed E-state index contributed by atoms with van der Waals surface area (Å²) in [4.78, 5) is 28.5. The van der Waals surface area contributed by atoms with Crippen molar-refractivity contribution in [2.45, 2.75) is 6.54 Å². The first-order chi connectivity index (χ1) is 12.5. The summed E-state index contributed by atoms with van der Waals surface area (Å²) in [5.74, 6) is -0.0792. The summed E-state index contributed by atoms with van der Waals surface area (Å²) in [6.07, 6.45) is 6.80. The number of aryl methyl sites for hydroxylation is 2. The Balaban J connectivity index is 1.70. The van der Waals surface area contributed by atoms with Crippen LogP contribution in [0.25, 0.3) is 11.3 Å². The molecule has 0 spiro atoms. The molecule has 3 heterocycles. The number of ether oxygens (including phenoxy) is 1. The number of rotatable bonds is 5. The maximum absolute atomic E-state index is 12.4. The van der Waals surface area contributed by atoms with Crippen LogP contribution >= 0.6 is 0 Å². The molecule has 1 N–H and O–H groups in total. The predicted molar refractivity (Wildman–Crippen MR) is 95.8 cm³/mol. The number of nitrogens with one attached hydrogen (secondary N) is 1. The molecule has 8 heteroatoms. The van der Waals surface area contributed by atoms with Crippen LogP contribution in [0.4, 0.5) is 0 Å². The largest absolute Gasteiger partial charge is 0.496 e. The van der Waals surface area contributed by atoms with Crippen LogP contribution < -0.4 is 15.6 Å². The lowest BCUT2D eigenvalue weighted by Gasteiger charge is -2.10. The van der Waals surface area contributed by atoms with Crippen molar-refractivity contribution in [3.05, 3.63) is 64.5 Å². The fourth-order valence-electron chi connectivity index (χ4n) is 2.48. The van der Waals surface area contributed by atoms with Gasteiger partial charge in [0.1, 0.15) is 5.75 Å². The van der Waals surface area contributed by atoms with Crippen LogP contribution in [0.2, 0.25) is 0 Å². The second-order valence-corrected chi connectivity index (χ2v) is 5.84. The number of hydrogen-bond donors (Lipinski definition) is 1. The molecule has 0 saturated heterocycles. The topological polar surface area (TPSA) is 91.0 Å². The Morgan fingerprint density at radius 2 is 2.04 bits per heavy atom. The number of pyridine rings is 2. The SMILES string of the molecule is COc1cc(=O)n(C)cc1C(=O)NCc1ccc(-c2cnn(C)c2)nc1. The number of amides is 1. The summed E-state index contributed by atoms with van der Waals surface area (Å²) in [5, 5.41) is 6.93. The number of aromatic nitrogens is 4. The van der Waals surface area contributed by atoms with Gasteiger partial charge in [-0.05, 0) is 11.6 Å². The van der Waals surface area contributed by atoms with E-state index >= 15 is 0 Å². The maximum Gasteiger partial charge on any atom is 0.256 e. The van der Waals surface area contributed by atoms with Crippen LogP contribution in [0, 0.1) is 0 Å². The molecule has 0 aromatic carbocycles. The molecule has 0 fully saturated rings. The highest BCUT2D eigenvalue weighted by molar-refractivity contribution is 5.96. The van der Waals surface area contributed by atoms with E-state index in [2.05, 4.69) is 15.4 Å². The second kappa shape index (κ2) is 7.22. The van der Waals surface area contributed by atoms with E-state index in [1.54, 1.807) is 24.1 Å². The average Bonchev–Trinajstić information content (AvgIpc) is 3.08. The first-order valence-corrected chi connectivity index (χ1v) is 7.94. The van der Waals surface area contributed by atoms with Crippen molar-refractivity contribution >= 4 is 5.91 Å². The molecule has 3 aromatic rings. The minimum Gasteiger partial charge on any atom is -0.496 e. The molecule has 0 saturated carbocycles. The number of methoxy groups -OCH3 is 1. The molecule has 0 aliphatic rings. The van der Waals surface area contributed by atoms with Crippen molar-refractivity contribution in [1.82, 2.24) is 24.6 Å². The Hall–Kier alpha value is -3.42. The fourth-order valence-corrected chi connectivity index (χ4v) is 2.48. The van der Waals surface area contributed by atoms with Gasteiger partial charge in [-0.25, -0.2) is 0 Å². The predicted octanol–water partition coefficient (Wildman–Crippen LogP) is 1.12. The lowest BCUT2D eigenvalue weighted by atomic mass is 10.2. The molecule has 3 rings (SSSR count). The molecular weight excluding hydrogens is 334 g/mol. The molecule has 134 valence electrons. The lowest BCUT2D eigenvalue weighted by molar-refractivity contribution is 0.0947. The van der Waals surface area contributed by atoms with E-state index in [9.17, 15) is 9.59 Å². The molecule has 26 heavy (non-hydrogen) atoms. The van der Waals surface area contributed by atoms with Gasteiger partial charge in [0.05, 0.1) is 24.6 Å². The summed E-state index contributed by atoms with van der Waals surface area (Å²) in [6, 6.07) is 5.07. The monoisotopic (exact) mass is 353 g/mol. The summed E-state index contributed by atoms with van der Waals surface area (Å²) < 4.78 is 8.18. The number of hydrogen-bond acceptors (Lipinski definition) is 5. The van der Waals surface area contributed by atoms with Crippen molar-refractivity contribution in [2.75, 3.05) is 7.11 Å².